The Kier molecular flexibility index (Phi) is 8.77. The van der Waals surface area contributed by atoms with Crippen LogP contribution in [0.1, 0.15) is 57.2 Å². The molecule has 0 amide bonds. The Hall–Kier alpha value is -4.94. The number of halogens is 3. The van der Waals surface area contributed by atoms with Crippen LogP contribution in [0.4, 0.5) is 29.8 Å². The van der Waals surface area contributed by atoms with Gasteiger partial charge in [0.05, 0.1) is 29.5 Å². The van der Waals surface area contributed by atoms with E-state index in [4.69, 9.17) is 20.9 Å². The van der Waals surface area contributed by atoms with Crippen molar-refractivity contribution < 1.29 is 22.6 Å². The number of nitrogen functional groups attached to an aromatic ring is 2. The van der Waals surface area contributed by atoms with Crippen LogP contribution in [0.3, 0.4) is 0 Å². The quantitative estimate of drug-likeness (QED) is 0.210. The van der Waals surface area contributed by atoms with Crippen LogP contribution in [0.5, 0.6) is 11.9 Å². The lowest BCUT2D eigenvalue weighted by atomic mass is 10.0. The molecule has 4 N–H and O–H groups in total. The van der Waals surface area contributed by atoms with Gasteiger partial charge in [-0.15, -0.1) is 11.3 Å². The van der Waals surface area contributed by atoms with Crippen molar-refractivity contribution >= 4 is 49.0 Å². The highest BCUT2D eigenvalue weighted by Gasteiger charge is 2.38. The zero-order valence-corrected chi connectivity index (χ0v) is 28.8. The van der Waals surface area contributed by atoms with E-state index in [1.807, 2.05) is 37.8 Å². The third-order valence-electron chi connectivity index (χ3n) is 9.94. The van der Waals surface area contributed by atoms with Crippen LogP contribution in [-0.4, -0.2) is 69.4 Å². The van der Waals surface area contributed by atoms with E-state index in [1.165, 1.54) is 32.1 Å². The van der Waals surface area contributed by atoms with E-state index in [0.29, 0.717) is 24.2 Å². The molecular formula is C35H36F3N9O2S. The highest BCUT2D eigenvalue weighted by Crippen LogP contribution is 2.47. The number of nitrogens with zero attached hydrogens (tertiary/aromatic N) is 7. The molecule has 15 heteroatoms. The van der Waals surface area contributed by atoms with E-state index >= 15 is 4.39 Å². The van der Waals surface area contributed by atoms with E-state index in [1.54, 1.807) is 12.3 Å². The number of nitrogens with two attached hydrogens (primary N) is 2. The van der Waals surface area contributed by atoms with Crippen molar-refractivity contribution in [3.63, 3.8) is 0 Å². The largest absolute Gasteiger partial charge is 0.472 e. The topological polar surface area (TPSA) is 152 Å². The Morgan fingerprint density at radius 3 is 2.66 bits per heavy atom. The van der Waals surface area contributed by atoms with Crippen LogP contribution in [0.25, 0.3) is 32.2 Å². The molecule has 5 unspecified atom stereocenters. The van der Waals surface area contributed by atoms with Gasteiger partial charge in [-0.3, -0.25) is 4.90 Å². The van der Waals surface area contributed by atoms with Gasteiger partial charge in [-0.2, -0.15) is 15.2 Å². The van der Waals surface area contributed by atoms with Gasteiger partial charge in [0.15, 0.2) is 5.82 Å². The van der Waals surface area contributed by atoms with Gasteiger partial charge < -0.3 is 25.8 Å². The fourth-order valence-electron chi connectivity index (χ4n) is 7.33. The van der Waals surface area contributed by atoms with E-state index in [2.05, 4.69) is 24.8 Å². The summed E-state index contributed by atoms with van der Waals surface area (Å²) >= 11 is 0.916. The lowest BCUT2D eigenvalue weighted by Gasteiger charge is -2.37. The first-order valence-corrected chi connectivity index (χ1v) is 17.2. The maximum absolute atomic E-state index is 16.6. The monoisotopic (exact) mass is 703 g/mol. The van der Waals surface area contributed by atoms with Crippen LogP contribution >= 0.6 is 11.3 Å². The average Bonchev–Trinajstić information content (AvgIpc) is 3.77. The Morgan fingerprint density at radius 2 is 1.94 bits per heavy atom. The van der Waals surface area contributed by atoms with Gasteiger partial charge in [0.2, 0.25) is 5.88 Å². The van der Waals surface area contributed by atoms with Gasteiger partial charge in [0, 0.05) is 35.3 Å². The molecular weight excluding hydrogens is 668 g/mol. The van der Waals surface area contributed by atoms with Crippen molar-refractivity contribution in [1.29, 1.82) is 5.26 Å². The molecule has 2 fully saturated rings. The molecule has 3 aliphatic rings. The highest BCUT2D eigenvalue weighted by atomic mass is 32.1. The maximum Gasteiger partial charge on any atom is 0.318 e. The molecule has 7 heterocycles. The summed E-state index contributed by atoms with van der Waals surface area (Å²) in [6.45, 7) is 7.62. The molecule has 2 saturated heterocycles. The summed E-state index contributed by atoms with van der Waals surface area (Å²) in [5.41, 5.74) is 13.0. The summed E-state index contributed by atoms with van der Waals surface area (Å²) < 4.78 is 55.8. The SMILES string of the molecule is COc1nc2c3c(nc(-c4ccc(F)c5sc(N)c(C#N)c45)c(F)c3n1)OC(C)C(C)N2C(C)c1cccnc1N.FC1CC2CCCN2C1. The minimum absolute atomic E-state index is 0.0459. The molecule has 1 aromatic carbocycles. The van der Waals surface area contributed by atoms with Crippen molar-refractivity contribution in [3.8, 4) is 29.2 Å². The van der Waals surface area contributed by atoms with Crippen LogP contribution < -0.4 is 25.8 Å². The van der Waals surface area contributed by atoms with Gasteiger partial charge in [-0.05, 0) is 64.8 Å². The minimum atomic E-state index is -0.813. The number of hydrogen-bond donors (Lipinski definition) is 2. The van der Waals surface area contributed by atoms with Gasteiger partial charge in [0.1, 0.15) is 57.4 Å². The molecule has 0 aliphatic carbocycles. The summed E-state index contributed by atoms with van der Waals surface area (Å²) in [5, 5.41) is 10.3. The third-order valence-corrected chi connectivity index (χ3v) is 11.0. The van der Waals surface area contributed by atoms with Gasteiger partial charge in [-0.25, -0.2) is 23.1 Å². The third kappa shape index (κ3) is 5.56. The average molecular weight is 704 g/mol. The second-order valence-corrected chi connectivity index (χ2v) is 13.9. The Labute approximate surface area is 290 Å². The first kappa shape index (κ1) is 33.6. The smallest absolute Gasteiger partial charge is 0.318 e. The molecule has 8 rings (SSSR count). The summed E-state index contributed by atoms with van der Waals surface area (Å²) in [7, 11) is 1.39. The number of methoxy groups -OCH3 is 1. The zero-order valence-electron chi connectivity index (χ0n) is 28.0. The predicted octanol–water partition coefficient (Wildman–Crippen LogP) is 6.55. The molecule has 0 saturated carbocycles. The fourth-order valence-corrected chi connectivity index (χ4v) is 8.28. The number of thiophene rings is 1. The molecule has 4 aromatic heterocycles. The minimum Gasteiger partial charge on any atom is -0.472 e. The van der Waals surface area contributed by atoms with Crippen molar-refractivity contribution in [1.82, 2.24) is 24.8 Å². The van der Waals surface area contributed by atoms with Crippen molar-refractivity contribution in [3.05, 3.63) is 53.2 Å². The summed E-state index contributed by atoms with van der Waals surface area (Å²) in [6.07, 6.45) is 3.97. The van der Waals surface area contributed by atoms with E-state index in [0.717, 1.165) is 29.9 Å². The molecule has 3 aliphatic heterocycles. The molecule has 0 radical (unpaired) electrons. The molecule has 0 bridgehead atoms. The summed E-state index contributed by atoms with van der Waals surface area (Å²) in [4.78, 5) is 22.1. The Bertz CT molecular complexity index is 2150. The number of pyridine rings is 2. The van der Waals surface area contributed by atoms with Crippen LogP contribution in [0.2, 0.25) is 0 Å². The van der Waals surface area contributed by atoms with Crippen molar-refractivity contribution in [2.24, 2.45) is 0 Å². The van der Waals surface area contributed by atoms with Gasteiger partial charge in [-0.1, -0.05) is 6.07 Å². The number of ether oxygens (including phenoxy) is 2. The molecule has 260 valence electrons. The number of rotatable bonds is 4. The first-order chi connectivity index (χ1) is 24.0. The Morgan fingerprint density at radius 1 is 1.14 bits per heavy atom. The van der Waals surface area contributed by atoms with Gasteiger partial charge >= 0.3 is 6.01 Å². The zero-order chi connectivity index (χ0) is 35.4. The van der Waals surface area contributed by atoms with Gasteiger partial charge in [0.25, 0.3) is 0 Å². The van der Waals surface area contributed by atoms with E-state index in [9.17, 15) is 14.0 Å². The highest BCUT2D eigenvalue weighted by molar-refractivity contribution is 7.23. The number of alkyl halides is 1. The number of aromatic nitrogens is 4. The van der Waals surface area contributed by atoms with Crippen molar-refractivity contribution in [2.45, 2.75) is 70.4 Å². The summed E-state index contributed by atoms with van der Waals surface area (Å²) in [5.74, 6) is -0.612. The number of nitriles is 1. The lowest BCUT2D eigenvalue weighted by molar-refractivity contribution is 0.186. The summed E-state index contributed by atoms with van der Waals surface area (Å²) in [6, 6.07) is 8.11. The van der Waals surface area contributed by atoms with E-state index in [-0.39, 0.29) is 66.8 Å². The van der Waals surface area contributed by atoms with E-state index < -0.39 is 23.9 Å². The second kappa shape index (κ2) is 13.1. The van der Waals surface area contributed by atoms with Crippen LogP contribution in [0.15, 0.2) is 30.5 Å². The molecule has 0 spiro atoms. The number of benzene rings is 1. The first-order valence-electron chi connectivity index (χ1n) is 16.4. The number of anilines is 3. The molecule has 11 nitrogen and oxygen atoms in total. The molecule has 5 atom stereocenters. The number of fused-ring (bicyclic) bond motifs is 2. The van der Waals surface area contributed by atoms with Crippen LogP contribution in [0, 0.1) is 23.0 Å². The van der Waals surface area contributed by atoms with Crippen LogP contribution in [-0.2, 0) is 0 Å². The molecule has 5 aromatic rings. The normalized spacial score (nSPS) is 22.0. The van der Waals surface area contributed by atoms with Crippen molar-refractivity contribution in [2.75, 3.05) is 36.6 Å². The predicted molar refractivity (Wildman–Crippen MR) is 187 cm³/mol. The number of hydrogen-bond acceptors (Lipinski definition) is 12. The standard InChI is InChI=1S/C28H24F2N8O2S.C7H12FN/c1-11-13(3)40-27-19-22(36-28(39-4)37-26(19)38(11)12(2)14-6-5-9-34-24(14)32)20(30)21(35-27)15-7-8-17(29)23-18(15)16(10-31)25(33)41-23;8-6-4-7-2-1-3-9(7)5-6/h5-9,11-13H,33H2,1-4H3,(H2,32,34);6-7H,1-5H2. The fraction of sp³-hybridized carbons (Fsp3) is 0.400. The lowest BCUT2D eigenvalue weighted by Crippen LogP contribution is -2.44. The maximum atomic E-state index is 16.6. The Balaban J connectivity index is 0.000000375. The molecule has 50 heavy (non-hydrogen) atoms. The second-order valence-electron chi connectivity index (χ2n) is 12.8.